The number of rotatable bonds is 3. The van der Waals surface area contributed by atoms with Gasteiger partial charge in [-0.1, -0.05) is 24.6 Å². The maximum Gasteiger partial charge on any atom is 0.241 e. The van der Waals surface area contributed by atoms with Gasteiger partial charge in [0.1, 0.15) is 0 Å². The van der Waals surface area contributed by atoms with Gasteiger partial charge in [-0.15, -0.1) is 0 Å². The summed E-state index contributed by atoms with van der Waals surface area (Å²) in [6.45, 7) is 10.4. The molecule has 1 aliphatic heterocycles. The number of piperidine rings is 1. The highest BCUT2D eigenvalue weighted by Gasteiger charge is 2.25. The Morgan fingerprint density at radius 1 is 1.40 bits per heavy atom. The normalized spacial score (nSPS) is 21.5. The number of nitrogens with zero attached hydrogens (tertiary/aromatic N) is 1. The molecule has 1 aromatic carbocycles. The minimum Gasteiger partial charge on any atom is -0.324 e. The van der Waals surface area contributed by atoms with Crippen molar-refractivity contribution >= 4 is 11.6 Å². The largest absolute Gasteiger partial charge is 0.324 e. The summed E-state index contributed by atoms with van der Waals surface area (Å²) in [6.07, 6.45) is 2.48. The van der Waals surface area contributed by atoms with Crippen molar-refractivity contribution < 1.29 is 4.79 Å². The Labute approximate surface area is 122 Å². The summed E-state index contributed by atoms with van der Waals surface area (Å²) in [7, 11) is 0. The molecule has 1 amide bonds. The molecule has 1 aromatic rings. The van der Waals surface area contributed by atoms with E-state index in [0.717, 1.165) is 24.3 Å². The van der Waals surface area contributed by atoms with Gasteiger partial charge in [0.05, 0.1) is 6.04 Å². The molecule has 0 radical (unpaired) electrons. The summed E-state index contributed by atoms with van der Waals surface area (Å²) < 4.78 is 0. The van der Waals surface area contributed by atoms with Crippen molar-refractivity contribution in [3.63, 3.8) is 0 Å². The Morgan fingerprint density at radius 2 is 2.15 bits per heavy atom. The van der Waals surface area contributed by atoms with Crippen LogP contribution < -0.4 is 5.32 Å². The number of aryl methyl sites for hydroxylation is 2. The zero-order valence-electron chi connectivity index (χ0n) is 13.1. The van der Waals surface area contributed by atoms with Crippen LogP contribution in [-0.2, 0) is 4.79 Å². The van der Waals surface area contributed by atoms with E-state index in [1.807, 2.05) is 26.0 Å². The van der Waals surface area contributed by atoms with Gasteiger partial charge >= 0.3 is 0 Å². The highest BCUT2D eigenvalue weighted by Crippen LogP contribution is 2.20. The van der Waals surface area contributed by atoms with Gasteiger partial charge in [0.25, 0.3) is 0 Å². The van der Waals surface area contributed by atoms with Crippen LogP contribution in [0.2, 0.25) is 0 Å². The molecular weight excluding hydrogens is 248 g/mol. The van der Waals surface area contributed by atoms with Crippen LogP contribution in [0.3, 0.4) is 0 Å². The fraction of sp³-hybridized carbons (Fsp3) is 0.588. The van der Waals surface area contributed by atoms with Gasteiger partial charge in [-0.25, -0.2) is 0 Å². The number of nitrogens with one attached hydrogen (secondary N) is 1. The number of benzene rings is 1. The van der Waals surface area contributed by atoms with Gasteiger partial charge in [0, 0.05) is 12.2 Å². The first-order valence-corrected chi connectivity index (χ1v) is 7.59. The van der Waals surface area contributed by atoms with Crippen molar-refractivity contribution in [3.8, 4) is 0 Å². The van der Waals surface area contributed by atoms with Crippen molar-refractivity contribution in [2.24, 2.45) is 5.92 Å². The van der Waals surface area contributed by atoms with Crippen LogP contribution >= 0.6 is 0 Å². The van der Waals surface area contributed by atoms with Gasteiger partial charge in [-0.05, 0) is 57.7 Å². The molecule has 1 N–H and O–H groups in total. The lowest BCUT2D eigenvalue weighted by Crippen LogP contribution is -2.46. The average Bonchev–Trinajstić information content (AvgIpc) is 2.41. The molecule has 20 heavy (non-hydrogen) atoms. The van der Waals surface area contributed by atoms with Crippen molar-refractivity contribution in [1.29, 1.82) is 0 Å². The molecule has 2 rings (SSSR count). The molecular formula is C17H26N2O. The van der Waals surface area contributed by atoms with Crippen LogP contribution in [0.5, 0.6) is 0 Å². The van der Waals surface area contributed by atoms with E-state index >= 15 is 0 Å². The molecule has 0 saturated carbocycles. The van der Waals surface area contributed by atoms with Gasteiger partial charge in [-0.3, -0.25) is 9.69 Å². The van der Waals surface area contributed by atoms with E-state index in [-0.39, 0.29) is 11.9 Å². The van der Waals surface area contributed by atoms with Crippen LogP contribution in [0.1, 0.15) is 37.8 Å². The van der Waals surface area contributed by atoms with Crippen molar-refractivity contribution in [3.05, 3.63) is 29.3 Å². The summed E-state index contributed by atoms with van der Waals surface area (Å²) in [6, 6.07) is 6.08. The molecule has 1 fully saturated rings. The van der Waals surface area contributed by atoms with E-state index in [2.05, 4.69) is 30.1 Å². The summed E-state index contributed by atoms with van der Waals surface area (Å²) in [4.78, 5) is 14.7. The second-order valence-corrected chi connectivity index (χ2v) is 6.23. The summed E-state index contributed by atoms with van der Waals surface area (Å²) in [5, 5.41) is 3.07. The van der Waals surface area contributed by atoms with E-state index in [1.165, 1.54) is 18.4 Å². The van der Waals surface area contributed by atoms with Crippen molar-refractivity contribution in [2.45, 2.75) is 46.6 Å². The molecule has 1 aliphatic rings. The van der Waals surface area contributed by atoms with Crippen LogP contribution in [-0.4, -0.2) is 29.9 Å². The molecule has 0 bridgehead atoms. The number of amides is 1. The predicted octanol–water partition coefficient (Wildman–Crippen LogP) is 3.36. The molecule has 2 atom stereocenters. The Hall–Kier alpha value is -1.35. The molecule has 3 heteroatoms. The highest BCUT2D eigenvalue weighted by molar-refractivity contribution is 5.95. The third-order valence-electron chi connectivity index (χ3n) is 4.26. The highest BCUT2D eigenvalue weighted by atomic mass is 16.2. The van der Waals surface area contributed by atoms with Crippen molar-refractivity contribution in [1.82, 2.24) is 4.90 Å². The number of anilines is 1. The Balaban J connectivity index is 2.00. The number of hydrogen-bond donors (Lipinski definition) is 1. The van der Waals surface area contributed by atoms with E-state index in [4.69, 9.17) is 0 Å². The number of carbonyl (C=O) groups excluding carboxylic acids is 1. The molecule has 110 valence electrons. The van der Waals surface area contributed by atoms with Crippen LogP contribution in [0, 0.1) is 19.8 Å². The summed E-state index contributed by atoms with van der Waals surface area (Å²) in [5.41, 5.74) is 3.27. The van der Waals surface area contributed by atoms with E-state index in [9.17, 15) is 4.79 Å². The third-order valence-corrected chi connectivity index (χ3v) is 4.26. The first kappa shape index (κ1) is 15.0. The Bertz CT molecular complexity index is 484. The Morgan fingerprint density at radius 3 is 2.80 bits per heavy atom. The maximum atomic E-state index is 12.4. The quantitative estimate of drug-likeness (QED) is 0.916. The second kappa shape index (κ2) is 6.40. The minimum absolute atomic E-state index is 0.0570. The fourth-order valence-corrected chi connectivity index (χ4v) is 2.93. The number of hydrogen-bond acceptors (Lipinski definition) is 2. The lowest BCUT2D eigenvalue weighted by Gasteiger charge is -2.34. The van der Waals surface area contributed by atoms with Crippen LogP contribution in [0.15, 0.2) is 18.2 Å². The zero-order chi connectivity index (χ0) is 14.7. The summed E-state index contributed by atoms with van der Waals surface area (Å²) >= 11 is 0. The van der Waals surface area contributed by atoms with Gasteiger partial charge in [0.15, 0.2) is 0 Å². The summed E-state index contributed by atoms with van der Waals surface area (Å²) in [5.74, 6) is 0.797. The zero-order valence-corrected chi connectivity index (χ0v) is 13.1. The molecule has 2 unspecified atom stereocenters. The first-order valence-electron chi connectivity index (χ1n) is 7.59. The third kappa shape index (κ3) is 3.60. The molecule has 3 nitrogen and oxygen atoms in total. The number of likely N-dealkylation sites (tertiary alicyclic amines) is 1. The van der Waals surface area contributed by atoms with E-state index in [0.29, 0.717) is 5.92 Å². The lowest BCUT2D eigenvalue weighted by atomic mass is 9.99. The number of carbonyl (C=O) groups is 1. The topological polar surface area (TPSA) is 32.3 Å². The van der Waals surface area contributed by atoms with E-state index in [1.54, 1.807) is 0 Å². The smallest absolute Gasteiger partial charge is 0.241 e. The molecule has 1 heterocycles. The van der Waals surface area contributed by atoms with Gasteiger partial charge in [0.2, 0.25) is 5.91 Å². The van der Waals surface area contributed by atoms with Crippen molar-refractivity contribution in [2.75, 3.05) is 18.4 Å². The fourth-order valence-electron chi connectivity index (χ4n) is 2.93. The molecule has 0 aromatic heterocycles. The lowest BCUT2D eigenvalue weighted by molar-refractivity contribution is -0.121. The standard InChI is InChI=1S/C17H26N2O/c1-12-7-8-16(14(3)10-12)18-17(20)15(4)19-9-5-6-13(2)11-19/h7-8,10,13,15H,5-6,9,11H2,1-4H3,(H,18,20). The predicted molar refractivity (Wildman–Crippen MR) is 84.0 cm³/mol. The second-order valence-electron chi connectivity index (χ2n) is 6.23. The minimum atomic E-state index is -0.0570. The van der Waals surface area contributed by atoms with Crippen LogP contribution in [0.4, 0.5) is 5.69 Å². The monoisotopic (exact) mass is 274 g/mol. The van der Waals surface area contributed by atoms with Crippen LogP contribution in [0.25, 0.3) is 0 Å². The maximum absolute atomic E-state index is 12.4. The molecule has 0 aliphatic carbocycles. The van der Waals surface area contributed by atoms with Gasteiger partial charge < -0.3 is 5.32 Å². The molecule has 1 saturated heterocycles. The van der Waals surface area contributed by atoms with Gasteiger partial charge in [-0.2, -0.15) is 0 Å². The SMILES string of the molecule is Cc1ccc(NC(=O)C(C)N2CCCC(C)C2)c(C)c1. The molecule has 0 spiro atoms. The Kier molecular flexibility index (Phi) is 4.81. The first-order chi connectivity index (χ1) is 9.47. The average molecular weight is 274 g/mol. The van der Waals surface area contributed by atoms with E-state index < -0.39 is 0 Å².